The first-order valence-electron chi connectivity index (χ1n) is 10.7. The summed E-state index contributed by atoms with van der Waals surface area (Å²) < 4.78 is 47.1. The van der Waals surface area contributed by atoms with Crippen molar-refractivity contribution in [1.29, 1.82) is 0 Å². The lowest BCUT2D eigenvalue weighted by Crippen LogP contribution is -2.36. The minimum absolute atomic E-state index is 0.0912. The van der Waals surface area contributed by atoms with Crippen LogP contribution in [0, 0.1) is 10.1 Å². The zero-order chi connectivity index (χ0) is 24.7. The number of nitrogens with zero attached hydrogens (tertiary/aromatic N) is 7. The van der Waals surface area contributed by atoms with Gasteiger partial charge in [-0.25, -0.2) is 15.0 Å². The van der Waals surface area contributed by atoms with Gasteiger partial charge in [-0.15, -0.1) is 0 Å². The Morgan fingerprint density at radius 1 is 1.09 bits per heavy atom. The number of aromatic nitrogens is 5. The Morgan fingerprint density at radius 3 is 2.54 bits per heavy atom. The molecule has 182 valence electrons. The van der Waals surface area contributed by atoms with Gasteiger partial charge in [-0.2, -0.15) is 22.8 Å². The third-order valence-electron chi connectivity index (χ3n) is 5.80. The van der Waals surface area contributed by atoms with E-state index in [4.69, 9.17) is 4.74 Å². The van der Waals surface area contributed by atoms with Crippen LogP contribution in [0.25, 0.3) is 16.7 Å². The van der Waals surface area contributed by atoms with Gasteiger partial charge in [0, 0.05) is 25.2 Å². The van der Waals surface area contributed by atoms with E-state index >= 15 is 0 Å². The molecule has 0 spiro atoms. The highest BCUT2D eigenvalue weighted by atomic mass is 19.4. The average Bonchev–Trinajstić information content (AvgIpc) is 3.34. The second-order valence-corrected chi connectivity index (χ2v) is 8.02. The van der Waals surface area contributed by atoms with Crippen molar-refractivity contribution in [2.75, 3.05) is 36.5 Å². The molecular formula is C21H19F3N8O3. The summed E-state index contributed by atoms with van der Waals surface area (Å²) in [7, 11) is 0. The number of non-ortho nitro benzene ring substituents is 1. The van der Waals surface area contributed by atoms with E-state index in [1.54, 1.807) is 11.4 Å². The number of nitrogens with one attached hydrogen (secondary N) is 1. The van der Waals surface area contributed by atoms with Crippen molar-refractivity contribution < 1.29 is 22.8 Å². The van der Waals surface area contributed by atoms with Gasteiger partial charge < -0.3 is 15.0 Å². The molecule has 0 amide bonds. The topological polar surface area (TPSA) is 124 Å². The summed E-state index contributed by atoms with van der Waals surface area (Å²) in [5.74, 6) is 0.342. The first-order chi connectivity index (χ1) is 16.7. The van der Waals surface area contributed by atoms with Gasteiger partial charge in [0.2, 0.25) is 0 Å². The maximum atomic E-state index is 13.4. The van der Waals surface area contributed by atoms with Crippen molar-refractivity contribution in [1.82, 2.24) is 24.6 Å². The monoisotopic (exact) mass is 488 g/mol. The number of morpholine rings is 1. The number of hydrogen-bond donors (Lipinski definition) is 1. The standard InChI is InChI=1S/C21H19F3N8O3/c1-12(13-6-14(21(22,23)24)8-15(7-13)32(33)34)29-18-16-9-17(30-2-4-35-5-3-30)20-27-11-28-31(20)19(16)26-10-25-18/h6-12H,2-5H2,1H3,(H,25,26,29)/t12-/m1/s1. The highest BCUT2D eigenvalue weighted by molar-refractivity contribution is 5.93. The molecule has 5 rings (SSSR count). The van der Waals surface area contributed by atoms with Gasteiger partial charge in [0.05, 0.1) is 40.8 Å². The molecule has 0 aliphatic carbocycles. The Bertz CT molecular complexity index is 1420. The predicted molar refractivity (Wildman–Crippen MR) is 119 cm³/mol. The van der Waals surface area contributed by atoms with Gasteiger partial charge in [0.15, 0.2) is 11.3 Å². The van der Waals surface area contributed by atoms with Crippen LogP contribution in [-0.4, -0.2) is 55.8 Å². The number of hydrogen-bond acceptors (Lipinski definition) is 9. The molecule has 4 aromatic rings. The van der Waals surface area contributed by atoms with Crippen molar-refractivity contribution in [2.45, 2.75) is 19.1 Å². The molecule has 1 N–H and O–H groups in total. The molecule has 1 aliphatic heterocycles. The number of ether oxygens (including phenoxy) is 1. The van der Waals surface area contributed by atoms with Crippen LogP contribution in [0.1, 0.15) is 24.1 Å². The number of benzene rings is 1. The van der Waals surface area contributed by atoms with Crippen LogP contribution in [0.2, 0.25) is 0 Å². The summed E-state index contributed by atoms with van der Waals surface area (Å²) in [6.45, 7) is 4.01. The Balaban J connectivity index is 1.58. The van der Waals surface area contributed by atoms with E-state index in [0.29, 0.717) is 54.9 Å². The zero-order valence-electron chi connectivity index (χ0n) is 18.4. The third kappa shape index (κ3) is 4.27. The molecule has 1 atom stereocenters. The summed E-state index contributed by atoms with van der Waals surface area (Å²) in [5.41, 5.74) is 0.198. The molecule has 3 aromatic heterocycles. The lowest BCUT2D eigenvalue weighted by atomic mass is 10.0. The molecular weight excluding hydrogens is 469 g/mol. The summed E-state index contributed by atoms with van der Waals surface area (Å²) in [5, 5.41) is 19.2. The number of anilines is 2. The minimum Gasteiger partial charge on any atom is -0.378 e. The zero-order valence-corrected chi connectivity index (χ0v) is 18.4. The predicted octanol–water partition coefficient (Wildman–Crippen LogP) is 3.61. The van der Waals surface area contributed by atoms with Crippen LogP contribution in [0.4, 0.5) is 30.4 Å². The maximum absolute atomic E-state index is 13.4. The largest absolute Gasteiger partial charge is 0.416 e. The molecule has 1 saturated heterocycles. The van der Waals surface area contributed by atoms with Crippen LogP contribution < -0.4 is 10.2 Å². The van der Waals surface area contributed by atoms with E-state index in [-0.39, 0.29) is 5.56 Å². The van der Waals surface area contributed by atoms with E-state index in [0.717, 1.165) is 17.8 Å². The van der Waals surface area contributed by atoms with E-state index in [1.807, 2.05) is 6.07 Å². The van der Waals surface area contributed by atoms with Gasteiger partial charge in [0.1, 0.15) is 18.5 Å². The molecule has 11 nitrogen and oxygen atoms in total. The van der Waals surface area contributed by atoms with Crippen LogP contribution in [0.3, 0.4) is 0 Å². The van der Waals surface area contributed by atoms with Crippen molar-refractivity contribution in [3.63, 3.8) is 0 Å². The van der Waals surface area contributed by atoms with Crippen LogP contribution in [-0.2, 0) is 10.9 Å². The van der Waals surface area contributed by atoms with E-state index < -0.39 is 28.4 Å². The number of rotatable bonds is 5. The van der Waals surface area contributed by atoms with Gasteiger partial charge >= 0.3 is 6.18 Å². The average molecular weight is 488 g/mol. The highest BCUT2D eigenvalue weighted by Crippen LogP contribution is 2.35. The maximum Gasteiger partial charge on any atom is 0.416 e. The summed E-state index contributed by atoms with van der Waals surface area (Å²) in [4.78, 5) is 25.5. The molecule has 0 unspecified atom stereocenters. The molecule has 14 heteroatoms. The minimum atomic E-state index is -4.73. The summed E-state index contributed by atoms with van der Waals surface area (Å²) >= 11 is 0. The quantitative estimate of drug-likeness (QED) is 0.331. The van der Waals surface area contributed by atoms with Gasteiger partial charge in [-0.1, -0.05) is 0 Å². The normalized spacial score (nSPS) is 15.5. The molecule has 1 aliphatic rings. The molecule has 0 bridgehead atoms. The number of pyridine rings is 1. The van der Waals surface area contributed by atoms with Gasteiger partial charge in [0.25, 0.3) is 5.69 Å². The Hall–Kier alpha value is -4.07. The Morgan fingerprint density at radius 2 is 1.83 bits per heavy atom. The molecule has 1 fully saturated rings. The fraction of sp³-hybridized carbons (Fsp3) is 0.333. The first kappa shape index (κ1) is 22.7. The van der Waals surface area contributed by atoms with Crippen molar-refractivity contribution in [3.05, 3.63) is 58.2 Å². The van der Waals surface area contributed by atoms with E-state index in [2.05, 4.69) is 30.3 Å². The van der Waals surface area contributed by atoms with Crippen LogP contribution >= 0.6 is 0 Å². The highest BCUT2D eigenvalue weighted by Gasteiger charge is 2.33. The fourth-order valence-corrected chi connectivity index (χ4v) is 4.05. The van der Waals surface area contributed by atoms with Gasteiger partial charge in [-0.05, 0) is 24.6 Å². The Kier molecular flexibility index (Phi) is 5.59. The molecule has 4 heterocycles. The number of fused-ring (bicyclic) bond motifs is 3. The fourth-order valence-electron chi connectivity index (χ4n) is 4.05. The Labute approximate surface area is 195 Å². The third-order valence-corrected chi connectivity index (χ3v) is 5.80. The van der Waals surface area contributed by atoms with Crippen LogP contribution in [0.15, 0.2) is 36.9 Å². The van der Waals surface area contributed by atoms with E-state index in [9.17, 15) is 23.3 Å². The van der Waals surface area contributed by atoms with Crippen molar-refractivity contribution in [3.8, 4) is 0 Å². The first-order valence-corrected chi connectivity index (χ1v) is 10.7. The lowest BCUT2D eigenvalue weighted by molar-refractivity contribution is -0.385. The number of nitro benzene ring substituents is 1. The second kappa shape index (κ2) is 8.61. The smallest absolute Gasteiger partial charge is 0.378 e. The summed E-state index contributed by atoms with van der Waals surface area (Å²) in [6.07, 6.45) is -2.01. The lowest BCUT2D eigenvalue weighted by Gasteiger charge is -2.29. The SMILES string of the molecule is C[C@@H](Nc1ncnc2c1cc(N1CCOCC1)c1ncnn12)c1cc([N+](=O)[O-])cc(C(F)(F)F)c1. The summed E-state index contributed by atoms with van der Waals surface area (Å²) in [6, 6.07) is 3.64. The number of nitro groups is 1. The molecule has 0 saturated carbocycles. The molecule has 1 aromatic carbocycles. The van der Waals surface area contributed by atoms with Gasteiger partial charge in [-0.3, -0.25) is 10.1 Å². The van der Waals surface area contributed by atoms with Crippen molar-refractivity contribution in [2.24, 2.45) is 0 Å². The second-order valence-electron chi connectivity index (χ2n) is 8.02. The van der Waals surface area contributed by atoms with Crippen LogP contribution in [0.5, 0.6) is 0 Å². The molecule has 35 heavy (non-hydrogen) atoms. The number of halogens is 3. The van der Waals surface area contributed by atoms with E-state index in [1.165, 1.54) is 12.7 Å². The van der Waals surface area contributed by atoms with Crippen molar-refractivity contribution >= 4 is 33.9 Å². The molecule has 0 radical (unpaired) electrons. The number of alkyl halides is 3.